The Bertz CT molecular complexity index is 519. The fourth-order valence-corrected chi connectivity index (χ4v) is 3.66. The number of carbonyl (C=O) groups excluding carboxylic acids is 1. The summed E-state index contributed by atoms with van der Waals surface area (Å²) in [7, 11) is 1.75. The molecule has 0 atom stereocenters. The van der Waals surface area contributed by atoms with Crippen molar-refractivity contribution in [2.24, 2.45) is 0 Å². The smallest absolute Gasteiger partial charge is 0.302 e. The van der Waals surface area contributed by atoms with Gasteiger partial charge in [-0.2, -0.15) is 0 Å². The maximum Gasteiger partial charge on any atom is 0.302 e. The van der Waals surface area contributed by atoms with E-state index in [1.807, 2.05) is 0 Å². The molecule has 0 amide bonds. The van der Waals surface area contributed by atoms with Crippen molar-refractivity contribution in [1.29, 1.82) is 0 Å². The number of esters is 1. The quantitative estimate of drug-likeness (QED) is 0.316. The lowest BCUT2D eigenvalue weighted by atomic mass is 9.99. The monoisotopic (exact) mass is 417 g/mol. The number of halogens is 1. The van der Waals surface area contributed by atoms with Crippen LogP contribution in [0.3, 0.4) is 0 Å². The highest BCUT2D eigenvalue weighted by atomic mass is 127. The van der Waals surface area contributed by atoms with E-state index in [0.717, 1.165) is 32.4 Å². The summed E-state index contributed by atoms with van der Waals surface area (Å²) >= 11 is 2.34. The van der Waals surface area contributed by atoms with Crippen LogP contribution in [0.25, 0.3) is 0 Å². The topological polar surface area (TPSA) is 29.5 Å². The molecule has 5 heteroatoms. The largest absolute Gasteiger partial charge is 0.466 e. The van der Waals surface area contributed by atoms with E-state index in [-0.39, 0.29) is 5.97 Å². The van der Waals surface area contributed by atoms with E-state index >= 15 is 0 Å². The Morgan fingerprint density at radius 3 is 2.81 bits per heavy atom. The summed E-state index contributed by atoms with van der Waals surface area (Å²) in [6.45, 7) is 3.84. The van der Waals surface area contributed by atoms with Crippen LogP contribution in [-0.2, 0) is 22.5 Å². The van der Waals surface area contributed by atoms with Gasteiger partial charge in [0.15, 0.2) is 0 Å². The van der Waals surface area contributed by atoms with Crippen LogP contribution in [0.1, 0.15) is 30.9 Å². The number of hydrogen-bond donors (Lipinski definition) is 0. The zero-order valence-corrected chi connectivity index (χ0v) is 15.2. The summed E-state index contributed by atoms with van der Waals surface area (Å²) in [6, 6.07) is 8.67. The third kappa shape index (κ3) is 5.64. The SMILES string of the molecule is CC(=O)OCC/C1=C\CN(SI)Cc2ccccc2CC1. The molecule has 1 aromatic rings. The average Bonchev–Trinajstić information content (AvgIpc) is 2.56. The van der Waals surface area contributed by atoms with Crippen LogP contribution >= 0.6 is 30.3 Å². The summed E-state index contributed by atoms with van der Waals surface area (Å²) in [4.78, 5) is 10.9. The molecule has 1 aliphatic rings. The highest BCUT2D eigenvalue weighted by molar-refractivity contribution is 14.2. The summed E-state index contributed by atoms with van der Waals surface area (Å²) in [5.74, 6) is -0.201. The van der Waals surface area contributed by atoms with Gasteiger partial charge < -0.3 is 4.74 Å². The summed E-state index contributed by atoms with van der Waals surface area (Å²) in [6.07, 6.45) is 5.22. The highest BCUT2D eigenvalue weighted by Gasteiger charge is 2.12. The van der Waals surface area contributed by atoms with Crippen LogP contribution < -0.4 is 0 Å². The van der Waals surface area contributed by atoms with Gasteiger partial charge >= 0.3 is 5.97 Å². The molecule has 1 heterocycles. The van der Waals surface area contributed by atoms with Crippen LogP contribution in [0.4, 0.5) is 0 Å². The second-order valence-corrected chi connectivity index (χ2v) is 6.95. The van der Waals surface area contributed by atoms with Gasteiger partial charge in [0.05, 0.1) is 6.61 Å². The van der Waals surface area contributed by atoms with Crippen LogP contribution in [-0.4, -0.2) is 23.4 Å². The lowest BCUT2D eigenvalue weighted by molar-refractivity contribution is -0.140. The minimum absolute atomic E-state index is 0.201. The number of benzene rings is 1. The van der Waals surface area contributed by atoms with E-state index in [2.05, 4.69) is 55.9 Å². The molecular formula is C16H20INO2S. The number of ether oxygens (including phenoxy) is 1. The Labute approximate surface area is 142 Å². The molecule has 0 unspecified atom stereocenters. The average molecular weight is 417 g/mol. The summed E-state index contributed by atoms with van der Waals surface area (Å²) < 4.78 is 7.41. The molecule has 1 aromatic carbocycles. The second kappa shape index (κ2) is 8.80. The predicted octanol–water partition coefficient (Wildman–Crippen LogP) is 4.31. The van der Waals surface area contributed by atoms with Crippen molar-refractivity contribution in [1.82, 2.24) is 4.31 Å². The van der Waals surface area contributed by atoms with Crippen LogP contribution in [0.15, 0.2) is 35.9 Å². The van der Waals surface area contributed by atoms with Gasteiger partial charge in [0.1, 0.15) is 0 Å². The van der Waals surface area contributed by atoms with Crippen molar-refractivity contribution < 1.29 is 9.53 Å². The van der Waals surface area contributed by atoms with Crippen molar-refractivity contribution >= 4 is 36.3 Å². The van der Waals surface area contributed by atoms with Gasteiger partial charge in [-0.15, -0.1) is 0 Å². The molecule has 1 aliphatic heterocycles. The molecule has 0 spiro atoms. The fourth-order valence-electron chi connectivity index (χ4n) is 2.44. The number of hydrogen-bond acceptors (Lipinski definition) is 4. The molecule has 114 valence electrons. The van der Waals surface area contributed by atoms with Gasteiger partial charge in [-0.05, 0) is 33.1 Å². The number of rotatable bonds is 4. The number of nitrogens with zero attached hydrogens (tertiary/aromatic N) is 1. The molecule has 3 nitrogen and oxygen atoms in total. The van der Waals surface area contributed by atoms with Crippen LogP contribution in [0, 0.1) is 0 Å². The lowest BCUT2D eigenvalue weighted by Crippen LogP contribution is -2.14. The lowest BCUT2D eigenvalue weighted by Gasteiger charge is -2.17. The first-order valence-electron chi connectivity index (χ1n) is 7.10. The second-order valence-electron chi connectivity index (χ2n) is 5.11. The number of fused-ring (bicyclic) bond motifs is 1. The van der Waals surface area contributed by atoms with Crippen molar-refractivity contribution in [3.63, 3.8) is 0 Å². The Hall–Kier alpha value is -0.530. The molecular weight excluding hydrogens is 397 g/mol. The number of aryl methyl sites for hydroxylation is 1. The summed E-state index contributed by atoms with van der Waals surface area (Å²) in [5, 5.41) is 0. The Balaban J connectivity index is 2.06. The molecule has 2 rings (SSSR count). The molecule has 0 aromatic heterocycles. The third-order valence-corrected chi connectivity index (χ3v) is 5.73. The van der Waals surface area contributed by atoms with Crippen molar-refractivity contribution in [2.45, 2.75) is 32.7 Å². The molecule has 0 radical (unpaired) electrons. The Kier molecular flexibility index (Phi) is 7.06. The molecule has 0 bridgehead atoms. The van der Waals surface area contributed by atoms with E-state index < -0.39 is 0 Å². The molecule has 0 fully saturated rings. The normalized spacial score (nSPS) is 18.7. The predicted molar refractivity (Wildman–Crippen MR) is 96.1 cm³/mol. The van der Waals surface area contributed by atoms with Crippen molar-refractivity contribution in [2.75, 3.05) is 13.2 Å². The minimum atomic E-state index is -0.201. The van der Waals surface area contributed by atoms with E-state index in [0.29, 0.717) is 6.61 Å². The highest BCUT2D eigenvalue weighted by Crippen LogP contribution is 2.26. The first kappa shape index (κ1) is 16.8. The van der Waals surface area contributed by atoms with Gasteiger partial charge in [0, 0.05) is 47.6 Å². The standard InChI is InChI=1S/C16H20INO2S/c1-13(19)20-11-9-14-6-7-15-4-2-3-5-16(15)12-18(21-17)10-8-14/h2-5,8H,6-7,9-12H2,1H3/b14-8-. The summed E-state index contributed by atoms with van der Waals surface area (Å²) in [5.41, 5.74) is 4.22. The number of carbonyl (C=O) groups is 1. The van der Waals surface area contributed by atoms with Crippen molar-refractivity contribution in [3.8, 4) is 0 Å². The first-order valence-corrected chi connectivity index (χ1v) is 10.4. The van der Waals surface area contributed by atoms with E-state index in [1.54, 1.807) is 9.12 Å². The van der Waals surface area contributed by atoms with Crippen LogP contribution in [0.2, 0.25) is 0 Å². The fraction of sp³-hybridized carbons (Fsp3) is 0.438. The van der Waals surface area contributed by atoms with Gasteiger partial charge in [0.2, 0.25) is 0 Å². The maximum atomic E-state index is 10.9. The first-order chi connectivity index (χ1) is 10.2. The van der Waals surface area contributed by atoms with Gasteiger partial charge in [-0.1, -0.05) is 35.9 Å². The van der Waals surface area contributed by atoms with E-state index in [1.165, 1.54) is 23.6 Å². The zero-order chi connectivity index (χ0) is 15.1. The Morgan fingerprint density at radius 2 is 2.10 bits per heavy atom. The zero-order valence-electron chi connectivity index (χ0n) is 12.2. The van der Waals surface area contributed by atoms with Gasteiger partial charge in [-0.3, -0.25) is 4.79 Å². The molecule has 0 saturated carbocycles. The van der Waals surface area contributed by atoms with Gasteiger partial charge in [0.25, 0.3) is 0 Å². The van der Waals surface area contributed by atoms with E-state index in [9.17, 15) is 4.79 Å². The van der Waals surface area contributed by atoms with Crippen molar-refractivity contribution in [3.05, 3.63) is 47.0 Å². The van der Waals surface area contributed by atoms with Crippen LogP contribution in [0.5, 0.6) is 0 Å². The molecule has 0 aliphatic carbocycles. The molecule has 0 N–H and O–H groups in total. The Morgan fingerprint density at radius 1 is 1.33 bits per heavy atom. The molecule has 0 saturated heterocycles. The maximum absolute atomic E-state index is 10.9. The van der Waals surface area contributed by atoms with E-state index in [4.69, 9.17) is 4.74 Å². The minimum Gasteiger partial charge on any atom is -0.466 e. The molecule has 21 heavy (non-hydrogen) atoms. The third-order valence-electron chi connectivity index (χ3n) is 3.59. The van der Waals surface area contributed by atoms with Gasteiger partial charge in [-0.25, -0.2) is 4.31 Å².